The summed E-state index contributed by atoms with van der Waals surface area (Å²) in [7, 11) is 3.06. The molecule has 0 radical (unpaired) electrons. The van der Waals surface area contributed by atoms with E-state index in [0.29, 0.717) is 21.4 Å². The van der Waals surface area contributed by atoms with Crippen molar-refractivity contribution in [2.75, 3.05) is 12.8 Å². The number of carbonyl (C=O) groups is 1. The molecule has 0 bridgehead atoms. The summed E-state index contributed by atoms with van der Waals surface area (Å²) in [6.45, 7) is 0. The second-order valence-corrected chi connectivity index (χ2v) is 4.34. The Morgan fingerprint density at radius 1 is 1.50 bits per heavy atom. The highest BCUT2D eigenvalue weighted by Crippen LogP contribution is 2.27. The number of ether oxygens (including phenoxy) is 1. The molecule has 0 fully saturated rings. The molecular formula is C10H11N5O2S. The number of anilines is 1. The smallest absolute Gasteiger partial charge is 0.340 e. The molecule has 0 aromatic carbocycles. The Hall–Kier alpha value is -2.09. The van der Waals surface area contributed by atoms with Gasteiger partial charge in [-0.2, -0.15) is 5.10 Å². The first-order valence-corrected chi connectivity index (χ1v) is 5.79. The van der Waals surface area contributed by atoms with E-state index in [1.807, 2.05) is 0 Å². The maximum Gasteiger partial charge on any atom is 0.340 e. The van der Waals surface area contributed by atoms with Gasteiger partial charge in [-0.1, -0.05) is 0 Å². The van der Waals surface area contributed by atoms with E-state index in [2.05, 4.69) is 15.1 Å². The fourth-order valence-electron chi connectivity index (χ4n) is 1.27. The Labute approximate surface area is 107 Å². The Balaban J connectivity index is 2.38. The molecule has 0 saturated heterocycles. The molecule has 8 heteroatoms. The van der Waals surface area contributed by atoms with Gasteiger partial charge >= 0.3 is 5.97 Å². The Morgan fingerprint density at radius 2 is 2.28 bits per heavy atom. The van der Waals surface area contributed by atoms with Crippen LogP contribution in [0.15, 0.2) is 28.8 Å². The van der Waals surface area contributed by atoms with Crippen molar-refractivity contribution in [3.05, 3.63) is 24.2 Å². The predicted octanol–water partition coefficient (Wildman–Crippen LogP) is 0.730. The van der Waals surface area contributed by atoms with E-state index in [0.717, 1.165) is 0 Å². The van der Waals surface area contributed by atoms with Crippen molar-refractivity contribution >= 4 is 23.4 Å². The minimum atomic E-state index is -0.487. The largest absolute Gasteiger partial charge is 0.465 e. The molecule has 0 unspecified atom stereocenters. The summed E-state index contributed by atoms with van der Waals surface area (Å²) in [5, 5.41) is 5.04. The van der Waals surface area contributed by atoms with Crippen LogP contribution in [0.3, 0.4) is 0 Å². The first-order chi connectivity index (χ1) is 8.61. The van der Waals surface area contributed by atoms with Gasteiger partial charge in [0.05, 0.1) is 24.6 Å². The number of nitrogens with zero attached hydrogens (tertiary/aromatic N) is 4. The van der Waals surface area contributed by atoms with E-state index < -0.39 is 5.97 Å². The number of hydrogen-bond donors (Lipinski definition) is 1. The van der Waals surface area contributed by atoms with E-state index in [1.54, 1.807) is 11.7 Å². The zero-order valence-electron chi connectivity index (χ0n) is 9.82. The van der Waals surface area contributed by atoms with Crippen molar-refractivity contribution in [3.8, 4) is 0 Å². The molecule has 18 heavy (non-hydrogen) atoms. The van der Waals surface area contributed by atoms with Crippen LogP contribution >= 0.6 is 11.8 Å². The molecule has 0 atom stereocenters. The molecule has 2 heterocycles. The summed E-state index contributed by atoms with van der Waals surface area (Å²) in [4.78, 5) is 19.8. The Kier molecular flexibility index (Phi) is 3.47. The van der Waals surface area contributed by atoms with Gasteiger partial charge in [0.1, 0.15) is 11.4 Å². The maximum absolute atomic E-state index is 11.6. The van der Waals surface area contributed by atoms with E-state index >= 15 is 0 Å². The Bertz CT molecular complexity index is 583. The van der Waals surface area contributed by atoms with Crippen molar-refractivity contribution in [2.45, 2.75) is 10.2 Å². The standard InChI is InChI=1S/C10H11N5O2S/c1-15-10(13-5-14-15)18-8-7(9(16)17-2)3-6(11)4-12-8/h3-5H,11H2,1-2H3. The number of aromatic nitrogens is 4. The molecule has 0 saturated carbocycles. The molecular weight excluding hydrogens is 254 g/mol. The third kappa shape index (κ3) is 2.43. The summed E-state index contributed by atoms with van der Waals surface area (Å²) in [5.41, 5.74) is 6.32. The van der Waals surface area contributed by atoms with Crippen LogP contribution in [0.1, 0.15) is 10.4 Å². The quantitative estimate of drug-likeness (QED) is 0.817. The lowest BCUT2D eigenvalue weighted by Crippen LogP contribution is -2.06. The minimum absolute atomic E-state index is 0.311. The molecule has 0 spiro atoms. The molecule has 0 aliphatic heterocycles. The number of esters is 1. The molecule has 0 aliphatic carbocycles. The van der Waals surface area contributed by atoms with Crippen LogP contribution in [0.2, 0.25) is 0 Å². The maximum atomic E-state index is 11.6. The first kappa shape index (κ1) is 12.4. The minimum Gasteiger partial charge on any atom is -0.465 e. The highest BCUT2D eigenvalue weighted by molar-refractivity contribution is 7.99. The molecule has 0 amide bonds. The van der Waals surface area contributed by atoms with E-state index in [-0.39, 0.29) is 0 Å². The van der Waals surface area contributed by atoms with Crippen LogP contribution in [0.5, 0.6) is 0 Å². The summed E-state index contributed by atoms with van der Waals surface area (Å²) in [6.07, 6.45) is 2.91. The summed E-state index contributed by atoms with van der Waals surface area (Å²) >= 11 is 1.22. The molecule has 94 valence electrons. The topological polar surface area (TPSA) is 95.9 Å². The van der Waals surface area contributed by atoms with Crippen LogP contribution in [0, 0.1) is 0 Å². The third-order valence-electron chi connectivity index (χ3n) is 2.14. The van der Waals surface area contributed by atoms with Gasteiger partial charge in [-0.15, -0.1) is 0 Å². The SMILES string of the molecule is COC(=O)c1cc(N)cnc1Sc1ncnn1C. The van der Waals surface area contributed by atoms with Crippen molar-refractivity contribution in [1.82, 2.24) is 19.7 Å². The predicted molar refractivity (Wildman–Crippen MR) is 65.1 cm³/mol. The highest BCUT2D eigenvalue weighted by Gasteiger charge is 2.16. The third-order valence-corrected chi connectivity index (χ3v) is 3.21. The lowest BCUT2D eigenvalue weighted by atomic mass is 10.3. The molecule has 7 nitrogen and oxygen atoms in total. The van der Waals surface area contributed by atoms with Crippen LogP contribution in [0.25, 0.3) is 0 Å². The summed E-state index contributed by atoms with van der Waals surface area (Å²) < 4.78 is 6.28. The number of methoxy groups -OCH3 is 1. The van der Waals surface area contributed by atoms with E-state index in [4.69, 9.17) is 10.5 Å². The Morgan fingerprint density at radius 3 is 2.89 bits per heavy atom. The first-order valence-electron chi connectivity index (χ1n) is 4.97. The van der Waals surface area contributed by atoms with Gasteiger partial charge in [0.15, 0.2) is 5.16 Å². The lowest BCUT2D eigenvalue weighted by molar-refractivity contribution is 0.0596. The average Bonchev–Trinajstić information content (AvgIpc) is 2.76. The number of pyridine rings is 1. The van der Waals surface area contributed by atoms with Crippen molar-refractivity contribution < 1.29 is 9.53 Å². The van der Waals surface area contributed by atoms with Crippen molar-refractivity contribution in [1.29, 1.82) is 0 Å². The van der Waals surface area contributed by atoms with E-state index in [1.165, 1.54) is 37.5 Å². The lowest BCUT2D eigenvalue weighted by Gasteiger charge is -2.06. The number of hydrogen-bond acceptors (Lipinski definition) is 7. The molecule has 2 rings (SSSR count). The highest BCUT2D eigenvalue weighted by atomic mass is 32.2. The van der Waals surface area contributed by atoms with Gasteiger partial charge < -0.3 is 10.5 Å². The van der Waals surface area contributed by atoms with Crippen LogP contribution in [-0.4, -0.2) is 32.8 Å². The van der Waals surface area contributed by atoms with Crippen LogP contribution in [-0.2, 0) is 11.8 Å². The van der Waals surface area contributed by atoms with Gasteiger partial charge in [0.25, 0.3) is 0 Å². The van der Waals surface area contributed by atoms with Crippen molar-refractivity contribution in [2.24, 2.45) is 7.05 Å². The number of carbonyl (C=O) groups excluding carboxylic acids is 1. The molecule has 2 aromatic heterocycles. The van der Waals surface area contributed by atoms with Gasteiger partial charge in [0, 0.05) is 7.05 Å². The number of nitrogen functional groups attached to an aromatic ring is 1. The molecule has 2 N–H and O–H groups in total. The van der Waals surface area contributed by atoms with Gasteiger partial charge in [-0.25, -0.2) is 19.4 Å². The van der Waals surface area contributed by atoms with Gasteiger partial charge in [-0.05, 0) is 17.8 Å². The zero-order chi connectivity index (χ0) is 13.1. The van der Waals surface area contributed by atoms with Crippen LogP contribution in [0.4, 0.5) is 5.69 Å². The number of rotatable bonds is 3. The second-order valence-electron chi connectivity index (χ2n) is 3.38. The summed E-state index contributed by atoms with van der Waals surface area (Å²) in [6, 6.07) is 1.53. The normalized spacial score (nSPS) is 10.3. The number of aryl methyl sites for hydroxylation is 1. The van der Waals surface area contributed by atoms with Crippen LogP contribution < -0.4 is 5.73 Å². The average molecular weight is 265 g/mol. The summed E-state index contributed by atoms with van der Waals surface area (Å²) in [5.74, 6) is -0.487. The van der Waals surface area contributed by atoms with Crippen molar-refractivity contribution in [3.63, 3.8) is 0 Å². The van der Waals surface area contributed by atoms with Gasteiger partial charge in [-0.3, -0.25) is 0 Å². The number of nitrogens with two attached hydrogens (primary N) is 1. The van der Waals surface area contributed by atoms with E-state index in [9.17, 15) is 4.79 Å². The van der Waals surface area contributed by atoms with Gasteiger partial charge in [0.2, 0.25) is 0 Å². The second kappa shape index (κ2) is 5.05. The molecule has 0 aliphatic rings. The fraction of sp³-hybridized carbons (Fsp3) is 0.200. The fourth-order valence-corrected chi connectivity index (χ4v) is 2.08. The monoisotopic (exact) mass is 265 g/mol. The zero-order valence-corrected chi connectivity index (χ0v) is 10.6. The molecule has 2 aromatic rings.